The molecule has 48 valence electrons. The Morgan fingerprint density at radius 2 is 2.25 bits per heavy atom. The normalized spacial score (nSPS) is 23.1. The molecule has 0 saturated heterocycles. The van der Waals surface area contributed by atoms with Crippen LogP contribution in [0.3, 0.4) is 0 Å². The zero-order valence-corrected chi connectivity index (χ0v) is 4.11. The molecule has 0 aliphatic heterocycles. The van der Waals surface area contributed by atoms with Crippen molar-refractivity contribution < 1.29 is 21.5 Å². The molecule has 0 amide bonds. The van der Waals surface area contributed by atoms with Gasteiger partial charge >= 0.3 is 0 Å². The van der Waals surface area contributed by atoms with Gasteiger partial charge < -0.3 is 20.1 Å². The van der Waals surface area contributed by atoms with Gasteiger partial charge in [-0.25, -0.2) is 0 Å². The largest absolute Gasteiger partial charge is 0.394 e. The van der Waals surface area contributed by atoms with Gasteiger partial charge in [-0.2, -0.15) is 0 Å². The highest BCUT2D eigenvalue weighted by Gasteiger charge is 2.12. The van der Waals surface area contributed by atoms with E-state index in [9.17, 15) is 4.79 Å². The molecule has 0 saturated carbocycles. The summed E-state index contributed by atoms with van der Waals surface area (Å²) >= 11 is 0. The Kier molecular flexibility index (Phi) is 2.51. The first-order valence-electron chi connectivity index (χ1n) is 2.52. The van der Waals surface area contributed by atoms with Crippen molar-refractivity contribution >= 4 is 6.29 Å². The van der Waals surface area contributed by atoms with Crippen molar-refractivity contribution in [1.29, 1.82) is 0 Å². The molecule has 0 aliphatic carbocycles. The third kappa shape index (κ3) is 2.02. The molecular weight excluding hydrogens is 112 g/mol. The summed E-state index contributed by atoms with van der Waals surface area (Å²) in [5.41, 5.74) is 0. The first kappa shape index (κ1) is 5.68. The van der Waals surface area contributed by atoms with Crippen LogP contribution in [0.15, 0.2) is 0 Å². The highest BCUT2D eigenvalue weighted by atomic mass is 16.4. The third-order valence-corrected chi connectivity index (χ3v) is 0.635. The van der Waals surface area contributed by atoms with Crippen molar-refractivity contribution in [1.82, 2.24) is 0 Å². The van der Waals surface area contributed by atoms with Gasteiger partial charge in [0.1, 0.15) is 12.2 Å². The van der Waals surface area contributed by atoms with E-state index in [0.717, 1.165) is 0 Å². The maximum Gasteiger partial charge on any atom is 0.151 e. The minimum absolute atomic E-state index is 0.145. The Hall–Kier alpha value is -0.450. The standard InChI is InChI=1S/C4H8O4/c5-1-3(7)4(8)2-6/h1,3-4,6-8H,2H2/t3-,4-/m1/s1/i3D. The summed E-state index contributed by atoms with van der Waals surface area (Å²) in [5, 5.41) is 25.1. The lowest BCUT2D eigenvalue weighted by molar-refractivity contribution is -0.121. The maximum absolute atomic E-state index is 9.72. The zero-order chi connectivity index (χ0) is 7.49. The van der Waals surface area contributed by atoms with Crippen LogP contribution in [0.1, 0.15) is 1.37 Å². The lowest BCUT2D eigenvalue weighted by atomic mass is 10.2. The molecule has 0 bridgehead atoms. The number of carbonyl (C=O) groups is 1. The minimum atomic E-state index is -2.57. The van der Waals surface area contributed by atoms with Crippen LogP contribution < -0.4 is 0 Å². The van der Waals surface area contributed by atoms with Crippen LogP contribution >= 0.6 is 0 Å². The molecule has 4 heteroatoms. The summed E-state index contributed by atoms with van der Waals surface area (Å²) in [6.07, 6.45) is -4.45. The van der Waals surface area contributed by atoms with E-state index >= 15 is 0 Å². The lowest BCUT2D eigenvalue weighted by Crippen LogP contribution is -2.30. The second-order valence-electron chi connectivity index (χ2n) is 1.24. The first-order valence-corrected chi connectivity index (χ1v) is 2.02. The molecule has 3 N–H and O–H groups in total. The van der Waals surface area contributed by atoms with Crippen molar-refractivity contribution in [3.63, 3.8) is 0 Å². The molecule has 4 nitrogen and oxygen atoms in total. The van der Waals surface area contributed by atoms with Gasteiger partial charge in [0.15, 0.2) is 6.29 Å². The van der Waals surface area contributed by atoms with E-state index in [1.54, 1.807) is 0 Å². The van der Waals surface area contributed by atoms with Crippen LogP contribution in [0.5, 0.6) is 0 Å². The van der Waals surface area contributed by atoms with Crippen molar-refractivity contribution in [2.45, 2.75) is 12.2 Å². The Labute approximate surface area is 47.8 Å². The number of hydrogen-bond donors (Lipinski definition) is 3. The molecule has 0 aliphatic rings. The molecule has 0 aromatic rings. The third-order valence-electron chi connectivity index (χ3n) is 0.635. The van der Waals surface area contributed by atoms with Gasteiger partial charge in [0.25, 0.3) is 0 Å². The van der Waals surface area contributed by atoms with Crippen molar-refractivity contribution in [2.24, 2.45) is 0 Å². The summed E-state index contributed by atoms with van der Waals surface area (Å²) in [7, 11) is 0. The van der Waals surface area contributed by atoms with E-state index < -0.39 is 18.8 Å². The molecule has 0 radical (unpaired) electrons. The number of aliphatic hydroxyl groups is 3. The van der Waals surface area contributed by atoms with Crippen LogP contribution in [-0.4, -0.2) is 40.4 Å². The summed E-state index contributed by atoms with van der Waals surface area (Å²) in [5.74, 6) is 0. The number of hydrogen-bond acceptors (Lipinski definition) is 4. The van der Waals surface area contributed by atoms with Gasteiger partial charge in [-0.15, -0.1) is 0 Å². The lowest BCUT2D eigenvalue weighted by Gasteiger charge is -2.06. The summed E-state index contributed by atoms with van der Waals surface area (Å²) in [4.78, 5) is 9.72. The number of carbonyl (C=O) groups excluding carboxylic acids is 1. The summed E-state index contributed by atoms with van der Waals surface area (Å²) < 4.78 is 6.56. The second-order valence-corrected chi connectivity index (χ2v) is 1.24. The number of aliphatic hydroxyl groups excluding tert-OH is 2. The van der Waals surface area contributed by atoms with Crippen LogP contribution in [0.2, 0.25) is 0 Å². The molecular formula is C4H8O4. The SMILES string of the molecule is [2H][C@@](O)(C=O)[C@H](O)CO. The highest BCUT2D eigenvalue weighted by Crippen LogP contribution is 1.85. The fraction of sp³-hybridized carbons (Fsp3) is 0.750. The van der Waals surface area contributed by atoms with Crippen LogP contribution in [-0.2, 0) is 4.79 Å². The molecule has 2 atom stereocenters. The summed E-state index contributed by atoms with van der Waals surface area (Å²) in [6.45, 7) is -0.807. The Balaban J connectivity index is 3.95. The van der Waals surface area contributed by atoms with E-state index in [4.69, 9.17) is 16.7 Å². The Morgan fingerprint density at radius 3 is 2.38 bits per heavy atom. The average Bonchev–Trinajstić information content (AvgIpc) is 1.86. The van der Waals surface area contributed by atoms with Gasteiger partial charge in [0, 0.05) is 0 Å². The highest BCUT2D eigenvalue weighted by molar-refractivity contribution is 5.56. The van der Waals surface area contributed by atoms with Gasteiger partial charge in [0.2, 0.25) is 0 Å². The zero-order valence-electron chi connectivity index (χ0n) is 5.11. The molecule has 0 spiro atoms. The van der Waals surface area contributed by atoms with E-state index in [2.05, 4.69) is 0 Å². The number of aldehydes is 1. The quantitative estimate of drug-likeness (QED) is 0.374. The molecule has 0 aromatic carbocycles. The van der Waals surface area contributed by atoms with Gasteiger partial charge in [0.05, 0.1) is 7.98 Å². The fourth-order valence-electron chi connectivity index (χ4n) is 0.172. The fourth-order valence-corrected chi connectivity index (χ4v) is 0.172. The molecule has 0 rings (SSSR count). The van der Waals surface area contributed by atoms with Gasteiger partial charge in [-0.1, -0.05) is 0 Å². The smallest absolute Gasteiger partial charge is 0.151 e. The van der Waals surface area contributed by atoms with Crippen molar-refractivity contribution in [3.8, 4) is 0 Å². The van der Waals surface area contributed by atoms with E-state index in [0.29, 0.717) is 0 Å². The first-order chi connectivity index (χ1) is 4.04. The predicted molar refractivity (Wildman–Crippen MR) is 25.2 cm³/mol. The predicted octanol–water partition coefficient (Wildman–Crippen LogP) is -2.10. The molecule has 0 aromatic heterocycles. The van der Waals surface area contributed by atoms with E-state index in [1.165, 1.54) is 0 Å². The Morgan fingerprint density at radius 1 is 1.75 bits per heavy atom. The van der Waals surface area contributed by atoms with E-state index in [-0.39, 0.29) is 6.29 Å². The molecule has 0 unspecified atom stereocenters. The molecule has 0 heterocycles. The molecule has 8 heavy (non-hydrogen) atoms. The van der Waals surface area contributed by atoms with Crippen molar-refractivity contribution in [2.75, 3.05) is 6.61 Å². The topological polar surface area (TPSA) is 77.8 Å². The average molecular weight is 121 g/mol. The van der Waals surface area contributed by atoms with Crippen LogP contribution in [0.25, 0.3) is 0 Å². The monoisotopic (exact) mass is 121 g/mol. The summed E-state index contributed by atoms with van der Waals surface area (Å²) in [6, 6.07) is 0. The Bertz CT molecular complexity index is 103. The minimum Gasteiger partial charge on any atom is -0.394 e. The van der Waals surface area contributed by atoms with Gasteiger partial charge in [-0.05, 0) is 0 Å². The molecule has 0 fully saturated rings. The van der Waals surface area contributed by atoms with Gasteiger partial charge in [-0.3, -0.25) is 0 Å². The van der Waals surface area contributed by atoms with Crippen molar-refractivity contribution in [3.05, 3.63) is 0 Å². The van der Waals surface area contributed by atoms with E-state index in [1.807, 2.05) is 0 Å². The maximum atomic E-state index is 9.72. The van der Waals surface area contributed by atoms with Crippen LogP contribution in [0, 0.1) is 0 Å². The number of rotatable bonds is 3. The van der Waals surface area contributed by atoms with Crippen LogP contribution in [0.4, 0.5) is 0 Å². The second kappa shape index (κ2) is 3.54.